The Hall–Kier alpha value is -2.94. The van der Waals surface area contributed by atoms with Gasteiger partial charge in [0.2, 0.25) is 0 Å². The lowest BCUT2D eigenvalue weighted by molar-refractivity contribution is 0.660. The lowest BCUT2D eigenvalue weighted by atomic mass is 10.2. The normalized spacial score (nSPS) is 10.7. The number of aromatic nitrogens is 4. The number of nitrogen functional groups attached to an aromatic ring is 1. The molecule has 0 saturated carbocycles. The minimum atomic E-state index is 0.354. The topological polar surface area (TPSA) is 118 Å². The maximum atomic E-state index is 7.52. The molecule has 9 heteroatoms. The second-order valence-electron chi connectivity index (χ2n) is 5.59. The van der Waals surface area contributed by atoms with Gasteiger partial charge in [0.15, 0.2) is 11.6 Å². The molecule has 0 saturated heterocycles. The Kier molecular flexibility index (Phi) is 5.47. The minimum absolute atomic E-state index is 0.354. The molecule has 0 amide bonds. The summed E-state index contributed by atoms with van der Waals surface area (Å²) < 4.78 is 1.84. The van der Waals surface area contributed by atoms with Crippen molar-refractivity contribution in [2.75, 3.05) is 22.9 Å². The molecule has 0 fully saturated rings. The first-order valence-corrected chi connectivity index (χ1v) is 9.22. The quantitative estimate of drug-likeness (QED) is 0.453. The summed E-state index contributed by atoms with van der Waals surface area (Å²) in [6.45, 7) is 6.24. The van der Waals surface area contributed by atoms with Crippen LogP contribution < -0.4 is 16.4 Å². The van der Waals surface area contributed by atoms with Crippen LogP contribution in [0.25, 0.3) is 11.3 Å². The van der Waals surface area contributed by atoms with Crippen molar-refractivity contribution in [3.8, 4) is 11.3 Å². The summed E-state index contributed by atoms with van der Waals surface area (Å²) in [5.74, 6) is 0.897. The van der Waals surface area contributed by atoms with E-state index < -0.39 is 0 Å². The molecule has 8 nitrogen and oxygen atoms in total. The largest absolute Gasteiger partial charge is 0.384 e. The average Bonchev–Trinajstić information content (AvgIpc) is 3.28. The van der Waals surface area contributed by atoms with E-state index in [-0.39, 0.29) is 0 Å². The van der Waals surface area contributed by atoms with E-state index in [9.17, 15) is 0 Å². The van der Waals surface area contributed by atoms with Crippen LogP contribution in [0.1, 0.15) is 23.6 Å². The summed E-state index contributed by atoms with van der Waals surface area (Å²) in [5, 5.41) is 18.3. The minimum Gasteiger partial charge on any atom is -0.384 e. The molecule has 5 N–H and O–H groups in total. The lowest BCUT2D eigenvalue weighted by Crippen LogP contribution is -2.06. The molecule has 0 bridgehead atoms. The van der Waals surface area contributed by atoms with Gasteiger partial charge in [0, 0.05) is 35.9 Å². The van der Waals surface area contributed by atoms with Crippen LogP contribution in [-0.4, -0.2) is 32.5 Å². The molecule has 3 heterocycles. The van der Waals surface area contributed by atoms with Crippen molar-refractivity contribution < 1.29 is 0 Å². The van der Waals surface area contributed by atoms with Gasteiger partial charge in [-0.2, -0.15) is 5.10 Å². The summed E-state index contributed by atoms with van der Waals surface area (Å²) in [4.78, 5) is 10.8. The molecule has 3 aromatic heterocycles. The maximum Gasteiger partial charge on any atom is 0.169 e. The smallest absolute Gasteiger partial charge is 0.169 e. The maximum absolute atomic E-state index is 7.52. The fourth-order valence-corrected chi connectivity index (χ4v) is 3.39. The molecule has 0 aliphatic carbocycles. The van der Waals surface area contributed by atoms with Gasteiger partial charge in [-0.25, -0.2) is 9.97 Å². The van der Waals surface area contributed by atoms with Crippen LogP contribution in [-0.2, 0) is 13.1 Å². The summed E-state index contributed by atoms with van der Waals surface area (Å²) in [6.07, 6.45) is 6.72. The Morgan fingerprint density at radius 2 is 2.15 bits per heavy atom. The van der Waals surface area contributed by atoms with Crippen LogP contribution >= 0.6 is 11.3 Å². The fourth-order valence-electron chi connectivity index (χ4n) is 2.49. The van der Waals surface area contributed by atoms with Crippen molar-refractivity contribution in [2.45, 2.75) is 26.9 Å². The standard InChI is InChI=1S/C17H22N8S/c1-3-20-13-5-12(26-15(13)6-18)8-22-17-16(19)21-9-14(24-17)11-7-23-25(4-2)10-11/h5-7,9-10,18,20H,3-4,8H2,1-2H3,(H2,19,21)(H,22,24). The van der Waals surface area contributed by atoms with Crippen molar-refractivity contribution in [1.29, 1.82) is 5.41 Å². The monoisotopic (exact) mass is 370 g/mol. The van der Waals surface area contributed by atoms with E-state index in [1.54, 1.807) is 23.7 Å². The van der Waals surface area contributed by atoms with Crippen LogP contribution in [0.15, 0.2) is 24.7 Å². The Balaban J connectivity index is 1.77. The van der Waals surface area contributed by atoms with Crippen molar-refractivity contribution in [3.63, 3.8) is 0 Å². The first kappa shape index (κ1) is 17.9. The predicted octanol–water partition coefficient (Wildman–Crippen LogP) is 3.05. The van der Waals surface area contributed by atoms with Gasteiger partial charge in [0.05, 0.1) is 35.2 Å². The number of rotatable bonds is 8. The second-order valence-corrected chi connectivity index (χ2v) is 6.76. The van der Waals surface area contributed by atoms with E-state index in [0.29, 0.717) is 18.2 Å². The number of nitrogens with two attached hydrogens (primary N) is 1. The molecule has 136 valence electrons. The SMILES string of the molecule is CCNc1cc(CNc2nc(-c3cnn(CC)c3)cnc2N)sc1C=N. The molecular weight excluding hydrogens is 348 g/mol. The number of nitrogens with zero attached hydrogens (tertiary/aromatic N) is 4. The highest BCUT2D eigenvalue weighted by molar-refractivity contribution is 7.14. The molecule has 3 aromatic rings. The third-order valence-electron chi connectivity index (χ3n) is 3.79. The van der Waals surface area contributed by atoms with E-state index in [2.05, 4.69) is 25.7 Å². The van der Waals surface area contributed by atoms with Crippen LogP contribution in [0, 0.1) is 5.41 Å². The van der Waals surface area contributed by atoms with Crippen LogP contribution in [0.3, 0.4) is 0 Å². The van der Waals surface area contributed by atoms with Crippen LogP contribution in [0.2, 0.25) is 0 Å². The molecule has 0 unspecified atom stereocenters. The van der Waals surface area contributed by atoms with Crippen molar-refractivity contribution in [3.05, 3.63) is 34.4 Å². The zero-order valence-electron chi connectivity index (χ0n) is 14.8. The highest BCUT2D eigenvalue weighted by Crippen LogP contribution is 2.27. The molecule has 0 radical (unpaired) electrons. The number of aryl methyl sites for hydroxylation is 1. The van der Waals surface area contributed by atoms with Crippen LogP contribution in [0.4, 0.5) is 17.3 Å². The van der Waals surface area contributed by atoms with Gasteiger partial charge >= 0.3 is 0 Å². The molecule has 3 rings (SSSR count). The van der Waals surface area contributed by atoms with Gasteiger partial charge in [-0.05, 0) is 19.9 Å². The Morgan fingerprint density at radius 3 is 2.85 bits per heavy atom. The van der Waals surface area contributed by atoms with Gasteiger partial charge in [-0.15, -0.1) is 11.3 Å². The summed E-state index contributed by atoms with van der Waals surface area (Å²) in [7, 11) is 0. The Morgan fingerprint density at radius 1 is 1.31 bits per heavy atom. The van der Waals surface area contributed by atoms with E-state index in [1.807, 2.05) is 30.8 Å². The van der Waals surface area contributed by atoms with Crippen LogP contribution in [0.5, 0.6) is 0 Å². The third kappa shape index (κ3) is 3.83. The molecule has 0 aromatic carbocycles. The number of hydrogen-bond donors (Lipinski definition) is 4. The number of anilines is 3. The van der Waals surface area contributed by atoms with Gasteiger partial charge < -0.3 is 21.8 Å². The van der Waals surface area contributed by atoms with Crippen molar-refractivity contribution in [2.24, 2.45) is 0 Å². The van der Waals surface area contributed by atoms with Gasteiger partial charge in [-0.1, -0.05) is 0 Å². The molecule has 0 atom stereocenters. The molecule has 0 spiro atoms. The number of hydrogen-bond acceptors (Lipinski definition) is 8. The fraction of sp³-hybridized carbons (Fsp3) is 0.294. The zero-order valence-corrected chi connectivity index (χ0v) is 15.6. The van der Waals surface area contributed by atoms with E-state index in [1.165, 1.54) is 6.21 Å². The molecular formula is C17H22N8S. The van der Waals surface area contributed by atoms with Crippen molar-refractivity contribution in [1.82, 2.24) is 19.7 Å². The van der Waals surface area contributed by atoms with E-state index in [0.717, 1.165) is 39.8 Å². The van der Waals surface area contributed by atoms with Gasteiger partial charge in [-0.3, -0.25) is 4.68 Å². The average molecular weight is 370 g/mol. The zero-order chi connectivity index (χ0) is 18.5. The highest BCUT2D eigenvalue weighted by atomic mass is 32.1. The molecule has 0 aliphatic rings. The van der Waals surface area contributed by atoms with Gasteiger partial charge in [0.25, 0.3) is 0 Å². The first-order chi connectivity index (χ1) is 12.6. The number of thiophene rings is 1. The van der Waals surface area contributed by atoms with Gasteiger partial charge in [0.1, 0.15) is 0 Å². The first-order valence-electron chi connectivity index (χ1n) is 8.40. The molecule has 0 aliphatic heterocycles. The van der Waals surface area contributed by atoms with Crippen molar-refractivity contribution >= 4 is 34.9 Å². The Labute approximate surface area is 156 Å². The second kappa shape index (κ2) is 7.96. The summed E-state index contributed by atoms with van der Waals surface area (Å²) in [5.41, 5.74) is 8.57. The number of nitrogens with one attached hydrogen (secondary N) is 3. The predicted molar refractivity (Wildman–Crippen MR) is 107 cm³/mol. The van der Waals surface area contributed by atoms with E-state index >= 15 is 0 Å². The highest BCUT2D eigenvalue weighted by Gasteiger charge is 2.10. The summed E-state index contributed by atoms with van der Waals surface area (Å²) >= 11 is 1.56. The Bertz CT molecular complexity index is 898. The lowest BCUT2D eigenvalue weighted by Gasteiger charge is -2.08. The summed E-state index contributed by atoms with van der Waals surface area (Å²) in [6, 6.07) is 2.04. The van der Waals surface area contributed by atoms with E-state index in [4.69, 9.17) is 11.1 Å². The third-order valence-corrected chi connectivity index (χ3v) is 4.88. The molecule has 26 heavy (non-hydrogen) atoms.